The third-order valence-electron chi connectivity index (χ3n) is 6.08. The van der Waals surface area contributed by atoms with Crippen LogP contribution in [0.15, 0.2) is 36.9 Å². The maximum Gasteiger partial charge on any atom is 0.225 e. The topological polar surface area (TPSA) is 75.4 Å². The summed E-state index contributed by atoms with van der Waals surface area (Å²) in [5.41, 5.74) is 4.72. The number of piperidine rings is 1. The second-order valence-electron chi connectivity index (χ2n) is 8.04. The molecule has 150 valence electrons. The zero-order valence-corrected chi connectivity index (χ0v) is 16.5. The Bertz CT molecular complexity index is 1010. The lowest BCUT2D eigenvalue weighted by atomic mass is 9.95. The van der Waals surface area contributed by atoms with E-state index in [0.717, 1.165) is 49.1 Å². The molecule has 5 rings (SSSR count). The molecule has 1 fully saturated rings. The van der Waals surface area contributed by atoms with Gasteiger partial charge in [-0.3, -0.25) is 9.78 Å². The second kappa shape index (κ2) is 7.81. The number of rotatable bonds is 4. The highest BCUT2D eigenvalue weighted by Crippen LogP contribution is 2.32. The van der Waals surface area contributed by atoms with Gasteiger partial charge in [-0.2, -0.15) is 5.10 Å². The lowest BCUT2D eigenvalue weighted by Gasteiger charge is -2.33. The average Bonchev–Trinajstić information content (AvgIpc) is 3.17. The van der Waals surface area contributed by atoms with E-state index in [0.29, 0.717) is 13.1 Å². The molecule has 0 aromatic carbocycles. The molecule has 0 unspecified atom stereocenters. The Balaban J connectivity index is 1.34. The molecule has 2 aliphatic rings. The molecule has 3 aromatic heterocycles. The number of anilines is 1. The van der Waals surface area contributed by atoms with Crippen molar-refractivity contribution >= 4 is 17.2 Å². The number of pyridine rings is 1. The van der Waals surface area contributed by atoms with Crippen molar-refractivity contribution in [2.24, 2.45) is 5.92 Å². The number of amides is 1. The Morgan fingerprint density at radius 3 is 3.03 bits per heavy atom. The standard InChI is InChI=1S/C22H26N6O/c29-22(25-14-16-5-3-9-23-13-16)17-6-4-11-27(15-17)21-20-18-7-1-2-8-19(18)26-28(20)12-10-24-21/h3,5,9-10,12-13,17H,1-2,4,6-8,11,14-15H2,(H,25,29)/t17-/m0/s1. The van der Waals surface area contributed by atoms with E-state index in [1.807, 2.05) is 29.0 Å². The van der Waals surface area contributed by atoms with Crippen LogP contribution in [-0.4, -0.2) is 38.6 Å². The predicted octanol–water partition coefficient (Wildman–Crippen LogP) is 2.54. The van der Waals surface area contributed by atoms with Crippen LogP contribution in [0.3, 0.4) is 0 Å². The Morgan fingerprint density at radius 1 is 1.21 bits per heavy atom. The number of hydrogen-bond acceptors (Lipinski definition) is 5. The van der Waals surface area contributed by atoms with E-state index in [1.54, 1.807) is 12.4 Å². The third kappa shape index (κ3) is 3.57. The molecule has 0 bridgehead atoms. The van der Waals surface area contributed by atoms with E-state index in [2.05, 4.69) is 15.2 Å². The van der Waals surface area contributed by atoms with Gasteiger partial charge in [0.2, 0.25) is 5.91 Å². The van der Waals surface area contributed by atoms with Gasteiger partial charge in [0.05, 0.1) is 11.6 Å². The van der Waals surface area contributed by atoms with Gasteiger partial charge in [0, 0.05) is 50.0 Å². The lowest BCUT2D eigenvalue weighted by Crippen LogP contribution is -2.43. The molecular formula is C22H26N6O. The summed E-state index contributed by atoms with van der Waals surface area (Å²) in [5.74, 6) is 1.06. The summed E-state index contributed by atoms with van der Waals surface area (Å²) in [6.07, 6.45) is 13.8. The Kier molecular flexibility index (Phi) is 4.87. The fourth-order valence-corrected chi connectivity index (χ4v) is 4.60. The number of aromatic nitrogens is 4. The first-order valence-corrected chi connectivity index (χ1v) is 10.6. The van der Waals surface area contributed by atoms with Gasteiger partial charge >= 0.3 is 0 Å². The number of carbonyl (C=O) groups excluding carboxylic acids is 1. The summed E-state index contributed by atoms with van der Waals surface area (Å²) >= 11 is 0. The van der Waals surface area contributed by atoms with E-state index < -0.39 is 0 Å². The van der Waals surface area contributed by atoms with Crippen LogP contribution in [0.4, 0.5) is 5.82 Å². The molecule has 0 radical (unpaired) electrons. The van der Waals surface area contributed by atoms with E-state index in [9.17, 15) is 4.79 Å². The van der Waals surface area contributed by atoms with Crippen molar-refractivity contribution < 1.29 is 4.79 Å². The van der Waals surface area contributed by atoms with Crippen LogP contribution in [0.5, 0.6) is 0 Å². The normalized spacial score (nSPS) is 19.2. The smallest absolute Gasteiger partial charge is 0.225 e. The van der Waals surface area contributed by atoms with E-state index in [4.69, 9.17) is 10.1 Å². The van der Waals surface area contributed by atoms with Crippen LogP contribution >= 0.6 is 0 Å². The first kappa shape index (κ1) is 18.1. The Hall–Kier alpha value is -2.96. The van der Waals surface area contributed by atoms with Crippen LogP contribution in [0.25, 0.3) is 5.52 Å². The van der Waals surface area contributed by atoms with Crippen molar-refractivity contribution in [1.29, 1.82) is 0 Å². The van der Waals surface area contributed by atoms with E-state index in [1.165, 1.54) is 24.1 Å². The van der Waals surface area contributed by atoms with Gasteiger partial charge in [-0.15, -0.1) is 0 Å². The fourth-order valence-electron chi connectivity index (χ4n) is 4.60. The Labute approximate surface area is 170 Å². The van der Waals surface area contributed by atoms with Crippen molar-refractivity contribution in [3.05, 3.63) is 53.7 Å². The molecule has 1 aliphatic heterocycles. The van der Waals surface area contributed by atoms with Crippen molar-refractivity contribution in [2.45, 2.75) is 45.1 Å². The van der Waals surface area contributed by atoms with E-state index >= 15 is 0 Å². The van der Waals surface area contributed by atoms with Crippen LogP contribution in [-0.2, 0) is 24.2 Å². The minimum absolute atomic E-state index is 0.0266. The van der Waals surface area contributed by atoms with Gasteiger partial charge in [-0.1, -0.05) is 6.07 Å². The summed E-state index contributed by atoms with van der Waals surface area (Å²) in [6.45, 7) is 2.15. The molecule has 0 spiro atoms. The quantitative estimate of drug-likeness (QED) is 0.741. The molecule has 4 heterocycles. The highest BCUT2D eigenvalue weighted by molar-refractivity contribution is 5.80. The maximum atomic E-state index is 12.8. The maximum absolute atomic E-state index is 12.8. The highest BCUT2D eigenvalue weighted by Gasteiger charge is 2.29. The van der Waals surface area contributed by atoms with Crippen molar-refractivity contribution in [2.75, 3.05) is 18.0 Å². The summed E-state index contributed by atoms with van der Waals surface area (Å²) in [4.78, 5) is 23.9. The number of fused-ring (bicyclic) bond motifs is 3. The molecule has 1 N–H and O–H groups in total. The largest absolute Gasteiger partial charge is 0.354 e. The van der Waals surface area contributed by atoms with Gasteiger partial charge in [-0.25, -0.2) is 9.50 Å². The summed E-state index contributed by atoms with van der Waals surface area (Å²) in [7, 11) is 0. The van der Waals surface area contributed by atoms with Crippen molar-refractivity contribution in [3.8, 4) is 0 Å². The highest BCUT2D eigenvalue weighted by atomic mass is 16.1. The SMILES string of the molecule is O=C(NCc1cccnc1)[C@H]1CCCN(c2nccn3nc4c(c23)CCCC4)C1. The monoisotopic (exact) mass is 390 g/mol. The van der Waals surface area contributed by atoms with Gasteiger partial charge in [0.1, 0.15) is 5.52 Å². The first-order chi connectivity index (χ1) is 14.3. The van der Waals surface area contributed by atoms with Crippen LogP contribution in [0.1, 0.15) is 42.5 Å². The van der Waals surface area contributed by atoms with Crippen LogP contribution in [0, 0.1) is 5.92 Å². The molecule has 1 saturated heterocycles. The zero-order chi connectivity index (χ0) is 19.6. The molecule has 1 atom stereocenters. The minimum Gasteiger partial charge on any atom is -0.354 e. The van der Waals surface area contributed by atoms with E-state index in [-0.39, 0.29) is 11.8 Å². The minimum atomic E-state index is -0.0266. The first-order valence-electron chi connectivity index (χ1n) is 10.6. The number of hydrogen-bond donors (Lipinski definition) is 1. The Morgan fingerprint density at radius 2 is 2.14 bits per heavy atom. The molecule has 1 amide bonds. The number of nitrogens with one attached hydrogen (secondary N) is 1. The molecule has 0 saturated carbocycles. The lowest BCUT2D eigenvalue weighted by molar-refractivity contribution is -0.125. The number of nitrogens with zero attached hydrogens (tertiary/aromatic N) is 5. The molecule has 3 aromatic rings. The van der Waals surface area contributed by atoms with Crippen molar-refractivity contribution in [1.82, 2.24) is 24.9 Å². The average molecular weight is 390 g/mol. The van der Waals surface area contributed by atoms with Crippen LogP contribution < -0.4 is 10.2 Å². The fraction of sp³-hybridized carbons (Fsp3) is 0.455. The van der Waals surface area contributed by atoms with Gasteiger partial charge in [-0.05, 0) is 50.2 Å². The van der Waals surface area contributed by atoms with Crippen LogP contribution in [0.2, 0.25) is 0 Å². The molecule has 7 heteroatoms. The van der Waals surface area contributed by atoms with Gasteiger partial charge < -0.3 is 10.2 Å². The van der Waals surface area contributed by atoms with Gasteiger partial charge in [0.25, 0.3) is 0 Å². The molecular weight excluding hydrogens is 364 g/mol. The summed E-state index contributed by atoms with van der Waals surface area (Å²) < 4.78 is 1.99. The molecule has 29 heavy (non-hydrogen) atoms. The zero-order valence-electron chi connectivity index (χ0n) is 16.5. The second-order valence-corrected chi connectivity index (χ2v) is 8.04. The van der Waals surface area contributed by atoms with Gasteiger partial charge in [0.15, 0.2) is 5.82 Å². The predicted molar refractivity (Wildman–Crippen MR) is 111 cm³/mol. The summed E-state index contributed by atoms with van der Waals surface area (Å²) in [6, 6.07) is 3.87. The molecule has 1 aliphatic carbocycles. The number of carbonyl (C=O) groups is 1. The van der Waals surface area contributed by atoms with Crippen molar-refractivity contribution in [3.63, 3.8) is 0 Å². The summed E-state index contributed by atoms with van der Waals surface area (Å²) in [5, 5.41) is 7.87. The third-order valence-corrected chi connectivity index (χ3v) is 6.08. The molecule has 7 nitrogen and oxygen atoms in total. The number of aryl methyl sites for hydroxylation is 2.